The van der Waals surface area contributed by atoms with Crippen molar-refractivity contribution in [2.45, 2.75) is 45.3 Å². The molecule has 1 aliphatic rings. The average molecular weight is 239 g/mol. The fourth-order valence-corrected chi connectivity index (χ4v) is 2.92. The van der Waals surface area contributed by atoms with E-state index in [1.54, 1.807) is 11.3 Å². The van der Waals surface area contributed by atoms with Gasteiger partial charge < -0.3 is 5.32 Å². The van der Waals surface area contributed by atoms with Crippen molar-refractivity contribution in [3.63, 3.8) is 0 Å². The van der Waals surface area contributed by atoms with E-state index in [0.717, 1.165) is 0 Å². The first-order valence-corrected chi connectivity index (χ1v) is 6.94. The molecule has 90 valence electrons. The molecular formula is C12H21N3S. The highest BCUT2D eigenvalue weighted by atomic mass is 32.1. The van der Waals surface area contributed by atoms with Crippen LogP contribution in [0.25, 0.3) is 0 Å². The van der Waals surface area contributed by atoms with Gasteiger partial charge in [-0.05, 0) is 33.7 Å². The van der Waals surface area contributed by atoms with Crippen LogP contribution in [0.5, 0.6) is 0 Å². The summed E-state index contributed by atoms with van der Waals surface area (Å²) in [5.41, 5.74) is 0. The third-order valence-corrected chi connectivity index (χ3v) is 4.22. The first-order chi connectivity index (χ1) is 7.66. The molecule has 0 aromatic carbocycles. The minimum atomic E-state index is 0.386. The van der Waals surface area contributed by atoms with Gasteiger partial charge in [0, 0.05) is 30.2 Å². The maximum atomic E-state index is 4.35. The predicted octanol–water partition coefficient (Wildman–Crippen LogP) is 2.28. The van der Waals surface area contributed by atoms with Gasteiger partial charge in [0.2, 0.25) is 0 Å². The molecule has 16 heavy (non-hydrogen) atoms. The van der Waals surface area contributed by atoms with Gasteiger partial charge in [0.25, 0.3) is 0 Å². The summed E-state index contributed by atoms with van der Waals surface area (Å²) < 4.78 is 0. The predicted molar refractivity (Wildman–Crippen MR) is 68.8 cm³/mol. The molecule has 1 fully saturated rings. The summed E-state index contributed by atoms with van der Waals surface area (Å²) in [6.07, 6.45) is 3.14. The van der Waals surface area contributed by atoms with Crippen LogP contribution >= 0.6 is 11.3 Å². The molecule has 2 atom stereocenters. The Morgan fingerprint density at radius 1 is 1.50 bits per heavy atom. The van der Waals surface area contributed by atoms with Crippen LogP contribution in [0.3, 0.4) is 0 Å². The Kier molecular flexibility index (Phi) is 3.95. The third-order valence-electron chi connectivity index (χ3n) is 3.26. The van der Waals surface area contributed by atoms with Gasteiger partial charge in [-0.1, -0.05) is 0 Å². The summed E-state index contributed by atoms with van der Waals surface area (Å²) in [5.74, 6) is 0. The maximum absolute atomic E-state index is 4.35. The summed E-state index contributed by atoms with van der Waals surface area (Å²) in [7, 11) is 0. The molecule has 0 bridgehead atoms. The van der Waals surface area contributed by atoms with E-state index in [4.69, 9.17) is 0 Å². The topological polar surface area (TPSA) is 28.2 Å². The second-order valence-electron chi connectivity index (χ2n) is 4.83. The van der Waals surface area contributed by atoms with Gasteiger partial charge in [0.1, 0.15) is 5.01 Å². The number of rotatable bonds is 4. The quantitative estimate of drug-likeness (QED) is 0.873. The van der Waals surface area contributed by atoms with Crippen LogP contribution in [-0.2, 0) is 0 Å². The highest BCUT2D eigenvalue weighted by Gasteiger charge is 2.25. The number of aromatic nitrogens is 1. The molecular weight excluding hydrogens is 218 g/mol. The Morgan fingerprint density at radius 2 is 2.31 bits per heavy atom. The first kappa shape index (κ1) is 12.0. The second kappa shape index (κ2) is 5.25. The zero-order valence-corrected chi connectivity index (χ0v) is 11.1. The van der Waals surface area contributed by atoms with Crippen molar-refractivity contribution in [1.29, 1.82) is 0 Å². The second-order valence-corrected chi connectivity index (χ2v) is 5.76. The number of hydrogen-bond donors (Lipinski definition) is 1. The lowest BCUT2D eigenvalue weighted by Gasteiger charge is -2.22. The maximum Gasteiger partial charge on any atom is 0.109 e. The monoisotopic (exact) mass is 239 g/mol. The van der Waals surface area contributed by atoms with Crippen molar-refractivity contribution >= 4 is 11.3 Å². The molecule has 0 spiro atoms. The minimum absolute atomic E-state index is 0.386. The molecule has 0 radical (unpaired) electrons. The van der Waals surface area contributed by atoms with E-state index in [2.05, 4.69) is 36.0 Å². The molecule has 2 unspecified atom stereocenters. The van der Waals surface area contributed by atoms with Crippen molar-refractivity contribution in [3.05, 3.63) is 16.6 Å². The van der Waals surface area contributed by atoms with Gasteiger partial charge >= 0.3 is 0 Å². The smallest absolute Gasteiger partial charge is 0.109 e. The fourth-order valence-electron chi connectivity index (χ4n) is 2.27. The Balaban J connectivity index is 1.83. The summed E-state index contributed by atoms with van der Waals surface area (Å²) in [6.45, 7) is 9.14. The fraction of sp³-hybridized carbons (Fsp3) is 0.750. The molecule has 0 amide bonds. The standard InChI is InChI=1S/C12H21N3S/c1-9(2)15-6-4-11(8-15)14-10(3)12-13-5-7-16-12/h5,7,9-11,14H,4,6,8H2,1-3H3. The van der Waals surface area contributed by atoms with Crippen LogP contribution in [0, 0.1) is 0 Å². The van der Waals surface area contributed by atoms with E-state index >= 15 is 0 Å². The van der Waals surface area contributed by atoms with E-state index in [1.165, 1.54) is 24.5 Å². The molecule has 0 saturated carbocycles. The zero-order chi connectivity index (χ0) is 11.5. The van der Waals surface area contributed by atoms with Crippen LogP contribution in [0.1, 0.15) is 38.2 Å². The molecule has 2 heterocycles. The van der Waals surface area contributed by atoms with E-state index < -0.39 is 0 Å². The average Bonchev–Trinajstić information content (AvgIpc) is 2.87. The van der Waals surface area contributed by atoms with E-state index in [0.29, 0.717) is 18.1 Å². The van der Waals surface area contributed by atoms with Crippen LogP contribution in [0.2, 0.25) is 0 Å². The van der Waals surface area contributed by atoms with Crippen LogP contribution < -0.4 is 5.32 Å². The van der Waals surface area contributed by atoms with Crippen molar-refractivity contribution < 1.29 is 0 Å². The number of nitrogens with one attached hydrogen (secondary N) is 1. The van der Waals surface area contributed by atoms with E-state index in [9.17, 15) is 0 Å². The van der Waals surface area contributed by atoms with Crippen molar-refractivity contribution in [3.8, 4) is 0 Å². The first-order valence-electron chi connectivity index (χ1n) is 6.06. The molecule has 1 N–H and O–H groups in total. The lowest BCUT2D eigenvalue weighted by Crippen LogP contribution is -2.36. The third kappa shape index (κ3) is 2.81. The largest absolute Gasteiger partial charge is 0.304 e. The SMILES string of the molecule is CC(NC1CCN(C(C)C)C1)c1nccs1. The van der Waals surface area contributed by atoms with E-state index in [-0.39, 0.29) is 0 Å². The van der Waals surface area contributed by atoms with Crippen LogP contribution in [-0.4, -0.2) is 35.1 Å². The summed E-state index contributed by atoms with van der Waals surface area (Å²) >= 11 is 1.73. The highest BCUT2D eigenvalue weighted by Crippen LogP contribution is 2.19. The van der Waals surface area contributed by atoms with Gasteiger partial charge in [-0.25, -0.2) is 4.98 Å². The molecule has 1 aromatic rings. The van der Waals surface area contributed by atoms with Crippen molar-refractivity contribution in [1.82, 2.24) is 15.2 Å². The van der Waals surface area contributed by atoms with Crippen molar-refractivity contribution in [2.24, 2.45) is 0 Å². The summed E-state index contributed by atoms with van der Waals surface area (Å²) in [4.78, 5) is 6.89. The number of hydrogen-bond acceptors (Lipinski definition) is 4. The van der Waals surface area contributed by atoms with Gasteiger partial charge in [-0.15, -0.1) is 11.3 Å². The number of nitrogens with zero attached hydrogens (tertiary/aromatic N) is 2. The van der Waals surface area contributed by atoms with Gasteiger partial charge in [-0.2, -0.15) is 0 Å². The molecule has 4 heteroatoms. The summed E-state index contributed by atoms with van der Waals surface area (Å²) in [5, 5.41) is 6.91. The van der Waals surface area contributed by atoms with Gasteiger partial charge in [0.05, 0.1) is 6.04 Å². The lowest BCUT2D eigenvalue weighted by atomic mass is 10.2. The Labute approximate surface area is 102 Å². The Hall–Kier alpha value is -0.450. The molecule has 1 aliphatic heterocycles. The highest BCUT2D eigenvalue weighted by molar-refractivity contribution is 7.09. The summed E-state index contributed by atoms with van der Waals surface area (Å²) in [6, 6.07) is 1.68. The van der Waals surface area contributed by atoms with Crippen LogP contribution in [0.15, 0.2) is 11.6 Å². The van der Waals surface area contributed by atoms with E-state index in [1.807, 2.05) is 11.6 Å². The molecule has 3 nitrogen and oxygen atoms in total. The number of thiazole rings is 1. The molecule has 1 saturated heterocycles. The minimum Gasteiger partial charge on any atom is -0.304 e. The van der Waals surface area contributed by atoms with Gasteiger partial charge in [0.15, 0.2) is 0 Å². The Morgan fingerprint density at radius 3 is 2.88 bits per heavy atom. The molecule has 1 aromatic heterocycles. The van der Waals surface area contributed by atoms with Crippen LogP contribution in [0.4, 0.5) is 0 Å². The normalized spacial score (nSPS) is 24.1. The zero-order valence-electron chi connectivity index (χ0n) is 10.3. The lowest BCUT2D eigenvalue weighted by molar-refractivity contribution is 0.266. The number of likely N-dealkylation sites (tertiary alicyclic amines) is 1. The van der Waals surface area contributed by atoms with Crippen molar-refractivity contribution in [2.75, 3.05) is 13.1 Å². The van der Waals surface area contributed by atoms with Gasteiger partial charge in [-0.3, -0.25) is 4.90 Å². The Bertz CT molecular complexity index is 310. The molecule has 0 aliphatic carbocycles. The molecule has 2 rings (SSSR count).